The van der Waals surface area contributed by atoms with Gasteiger partial charge in [0.05, 0.1) is 6.61 Å². The predicted octanol–water partition coefficient (Wildman–Crippen LogP) is 6.85. The van der Waals surface area contributed by atoms with Crippen LogP contribution in [0.1, 0.15) is 86.0 Å². The average Bonchev–Trinajstić information content (AvgIpc) is 3.35. The Morgan fingerprint density at radius 1 is 0.795 bits per heavy atom. The molecule has 0 aromatic carbocycles. The van der Waals surface area contributed by atoms with Gasteiger partial charge in [0.2, 0.25) is 5.79 Å². The Morgan fingerprint density at radius 3 is 2.00 bits per heavy atom. The van der Waals surface area contributed by atoms with Crippen LogP contribution in [0.2, 0.25) is 0 Å². The van der Waals surface area contributed by atoms with Gasteiger partial charge < -0.3 is 28.4 Å². The summed E-state index contributed by atoms with van der Waals surface area (Å²) in [6.07, 6.45) is 27.4. The third-order valence-electron chi connectivity index (χ3n) is 6.62. The lowest BCUT2D eigenvalue weighted by Gasteiger charge is -2.40. The highest BCUT2D eigenvalue weighted by molar-refractivity contribution is 5.69. The van der Waals surface area contributed by atoms with Gasteiger partial charge in [0.25, 0.3) is 0 Å². The second kappa shape index (κ2) is 15.1. The van der Waals surface area contributed by atoms with E-state index in [0.29, 0.717) is 6.42 Å². The summed E-state index contributed by atoms with van der Waals surface area (Å²) in [4.78, 5) is 12.4. The van der Waals surface area contributed by atoms with Gasteiger partial charge in [-0.3, -0.25) is 4.79 Å². The minimum atomic E-state index is -1.20. The molecule has 0 unspecified atom stereocenters. The van der Waals surface area contributed by atoms with Crippen molar-refractivity contribution >= 4 is 5.97 Å². The molecule has 0 aromatic rings. The summed E-state index contributed by atoms with van der Waals surface area (Å²) in [6, 6.07) is 0. The second-order valence-electron chi connectivity index (χ2n) is 11.1. The molecule has 3 fully saturated rings. The minimum Gasteiger partial charge on any atom is -0.460 e. The summed E-state index contributed by atoms with van der Waals surface area (Å²) in [5.41, 5.74) is 0. The molecule has 3 aliphatic rings. The van der Waals surface area contributed by atoms with Crippen molar-refractivity contribution in [3.05, 3.63) is 60.8 Å². The molecule has 3 heterocycles. The lowest BCUT2D eigenvalue weighted by atomic mass is 9.97. The largest absolute Gasteiger partial charge is 0.460 e. The van der Waals surface area contributed by atoms with Crippen molar-refractivity contribution < 1.29 is 33.2 Å². The van der Waals surface area contributed by atoms with Gasteiger partial charge in [-0.25, -0.2) is 0 Å². The first-order chi connectivity index (χ1) is 18.7. The number of rotatable bonds is 15. The maximum absolute atomic E-state index is 12.4. The number of unbranched alkanes of at least 4 members (excludes halogenated alkanes) is 1. The molecule has 0 saturated carbocycles. The number of carbonyl (C=O) groups is 1. The quantitative estimate of drug-likeness (QED) is 0.127. The summed E-state index contributed by atoms with van der Waals surface area (Å²) in [5.74, 6) is -3.10. The summed E-state index contributed by atoms with van der Waals surface area (Å²) >= 11 is 0. The molecule has 0 aromatic heterocycles. The van der Waals surface area contributed by atoms with E-state index in [1.54, 1.807) is 0 Å². The Labute approximate surface area is 234 Å². The smallest absolute Gasteiger partial charge is 0.305 e. The van der Waals surface area contributed by atoms with Crippen molar-refractivity contribution in [3.8, 4) is 0 Å². The highest BCUT2D eigenvalue weighted by atomic mass is 16.9. The van der Waals surface area contributed by atoms with Crippen molar-refractivity contribution in [3.63, 3.8) is 0 Å². The van der Waals surface area contributed by atoms with Crippen LogP contribution in [0.25, 0.3) is 0 Å². The number of ether oxygens (including phenoxy) is 6. The summed E-state index contributed by atoms with van der Waals surface area (Å²) in [7, 11) is 0. The molecule has 7 nitrogen and oxygen atoms in total. The van der Waals surface area contributed by atoms with E-state index in [2.05, 4.69) is 67.7 Å². The predicted molar refractivity (Wildman–Crippen MR) is 152 cm³/mol. The standard InChI is InChI=1S/C32H48O7/c1-6-7-8-9-10-11-12-13-14-15-16-17-18-19-20-21-22-23-27(33)34-25-32-29(38-31(4,5)39-32)28-26(24-35-32)36-30(2,3)37-28/h7-8,10-11,13-14,16-17,19-20,26,28-29H,6,9,12,15,18,21-25H2,1-5H3/t26-,28-,29+,32+/m1/s1. The highest BCUT2D eigenvalue weighted by Gasteiger charge is 2.65. The van der Waals surface area contributed by atoms with Gasteiger partial charge in [-0.1, -0.05) is 67.7 Å². The van der Waals surface area contributed by atoms with E-state index in [0.717, 1.165) is 44.9 Å². The molecule has 3 saturated heterocycles. The number of hydrogen-bond acceptors (Lipinski definition) is 7. The molecule has 0 aliphatic carbocycles. The van der Waals surface area contributed by atoms with Gasteiger partial charge >= 0.3 is 5.97 Å². The Bertz CT molecular complexity index is 913. The molecule has 218 valence electrons. The lowest BCUT2D eigenvalue weighted by molar-refractivity contribution is -0.296. The Kier molecular flexibility index (Phi) is 12.2. The number of fused-ring (bicyclic) bond motifs is 3. The third kappa shape index (κ3) is 10.1. The molecule has 0 N–H and O–H groups in total. The van der Waals surface area contributed by atoms with Gasteiger partial charge in [0, 0.05) is 6.42 Å². The zero-order valence-electron chi connectivity index (χ0n) is 24.4. The van der Waals surface area contributed by atoms with E-state index in [-0.39, 0.29) is 31.4 Å². The molecular weight excluding hydrogens is 496 g/mol. The second-order valence-corrected chi connectivity index (χ2v) is 11.1. The van der Waals surface area contributed by atoms with Crippen LogP contribution in [0.15, 0.2) is 60.8 Å². The fourth-order valence-electron chi connectivity index (χ4n) is 4.93. The maximum atomic E-state index is 12.4. The molecule has 0 spiro atoms. The van der Waals surface area contributed by atoms with Gasteiger partial charge in [0.1, 0.15) is 24.9 Å². The van der Waals surface area contributed by atoms with E-state index in [4.69, 9.17) is 28.4 Å². The SMILES string of the molecule is CCC=CCC=CCC=CCC=CCC=CCCCC(=O)OC[C@@]12OC[C@H]3OC(C)(C)O[C@H]3[C@@H]1OC(C)(C)O2. The molecule has 0 bridgehead atoms. The van der Waals surface area contributed by atoms with Crippen molar-refractivity contribution in [2.24, 2.45) is 0 Å². The molecule has 0 radical (unpaired) electrons. The van der Waals surface area contributed by atoms with Crippen LogP contribution < -0.4 is 0 Å². The van der Waals surface area contributed by atoms with Crippen LogP contribution in [-0.4, -0.2) is 54.9 Å². The van der Waals surface area contributed by atoms with E-state index in [9.17, 15) is 4.79 Å². The van der Waals surface area contributed by atoms with E-state index < -0.39 is 23.5 Å². The maximum Gasteiger partial charge on any atom is 0.305 e. The van der Waals surface area contributed by atoms with E-state index in [1.165, 1.54) is 0 Å². The van der Waals surface area contributed by atoms with Crippen LogP contribution in [0.5, 0.6) is 0 Å². The van der Waals surface area contributed by atoms with Crippen molar-refractivity contribution in [2.45, 2.75) is 122 Å². The highest BCUT2D eigenvalue weighted by Crippen LogP contribution is 2.47. The zero-order chi connectivity index (χ0) is 28.2. The van der Waals surface area contributed by atoms with Crippen LogP contribution in [0.4, 0.5) is 0 Å². The molecule has 4 atom stereocenters. The Balaban J connectivity index is 1.28. The molecule has 3 rings (SSSR count). The van der Waals surface area contributed by atoms with Crippen LogP contribution >= 0.6 is 0 Å². The van der Waals surface area contributed by atoms with Crippen molar-refractivity contribution in [1.29, 1.82) is 0 Å². The van der Waals surface area contributed by atoms with Gasteiger partial charge in [-0.2, -0.15) is 0 Å². The normalized spacial score (nSPS) is 29.8. The Hall–Kier alpha value is -2.03. The van der Waals surface area contributed by atoms with Crippen molar-refractivity contribution in [2.75, 3.05) is 13.2 Å². The van der Waals surface area contributed by atoms with E-state index >= 15 is 0 Å². The van der Waals surface area contributed by atoms with Gasteiger partial charge in [-0.15, -0.1) is 0 Å². The average molecular weight is 545 g/mol. The monoisotopic (exact) mass is 544 g/mol. The number of carbonyl (C=O) groups excluding carboxylic acids is 1. The first-order valence-corrected chi connectivity index (χ1v) is 14.4. The first kappa shape index (κ1) is 31.5. The summed E-state index contributed by atoms with van der Waals surface area (Å²) in [6.45, 7) is 9.75. The molecule has 0 amide bonds. The first-order valence-electron chi connectivity index (χ1n) is 14.4. The number of hydrogen-bond donors (Lipinski definition) is 0. The molecular formula is C32H48O7. The summed E-state index contributed by atoms with van der Waals surface area (Å²) < 4.78 is 35.9. The minimum absolute atomic E-state index is 0.0470. The number of esters is 1. The van der Waals surface area contributed by atoms with Crippen LogP contribution in [0, 0.1) is 0 Å². The molecule has 3 aliphatic heterocycles. The zero-order valence-corrected chi connectivity index (χ0v) is 24.4. The Morgan fingerprint density at radius 2 is 1.38 bits per heavy atom. The molecule has 7 heteroatoms. The lowest BCUT2D eigenvalue weighted by Crippen LogP contribution is -2.60. The van der Waals surface area contributed by atoms with Crippen molar-refractivity contribution in [1.82, 2.24) is 0 Å². The van der Waals surface area contributed by atoms with Gasteiger partial charge in [0.15, 0.2) is 11.6 Å². The van der Waals surface area contributed by atoms with E-state index in [1.807, 2.05) is 27.7 Å². The van der Waals surface area contributed by atoms with Crippen LogP contribution in [0.3, 0.4) is 0 Å². The third-order valence-corrected chi connectivity index (χ3v) is 6.62. The topological polar surface area (TPSA) is 72.5 Å². The summed E-state index contributed by atoms with van der Waals surface area (Å²) in [5, 5.41) is 0. The van der Waals surface area contributed by atoms with Crippen LogP contribution in [-0.2, 0) is 33.2 Å². The molecule has 39 heavy (non-hydrogen) atoms. The van der Waals surface area contributed by atoms with Gasteiger partial charge in [-0.05, 0) is 72.6 Å². The fourth-order valence-corrected chi connectivity index (χ4v) is 4.93. The number of allylic oxidation sites excluding steroid dienone is 10. The fraction of sp³-hybridized carbons (Fsp3) is 0.656.